The average molecular weight is 246 g/mol. The van der Waals surface area contributed by atoms with Gasteiger partial charge < -0.3 is 4.74 Å². The molecule has 0 radical (unpaired) electrons. The van der Waals surface area contributed by atoms with Crippen molar-refractivity contribution in [3.05, 3.63) is 35.1 Å². The molecule has 3 nitrogen and oxygen atoms in total. The normalized spacial score (nSPS) is 27.5. The fourth-order valence-corrected chi connectivity index (χ4v) is 2.51. The fraction of sp³-hybridized carbons (Fsp3) is 0.467. The lowest BCUT2D eigenvalue weighted by Gasteiger charge is -2.35. The molecule has 0 aromatic carbocycles. The van der Waals surface area contributed by atoms with Gasteiger partial charge in [0, 0.05) is 11.8 Å². The monoisotopic (exact) mass is 246 g/mol. The van der Waals surface area contributed by atoms with Crippen molar-refractivity contribution in [2.75, 3.05) is 7.11 Å². The second-order valence-electron chi connectivity index (χ2n) is 5.45. The minimum Gasteiger partial charge on any atom is -0.493 e. The first-order valence-corrected chi connectivity index (χ1v) is 6.15. The number of hydrogen-bond acceptors (Lipinski definition) is 3. The van der Waals surface area contributed by atoms with E-state index in [-0.39, 0.29) is 17.5 Å². The molecule has 2 aliphatic carbocycles. The fourth-order valence-electron chi connectivity index (χ4n) is 2.51. The second kappa shape index (κ2) is 4.23. The number of ether oxygens (including phenoxy) is 1. The third-order valence-corrected chi connectivity index (χ3v) is 3.64. The lowest BCUT2D eigenvalue weighted by atomic mass is 9.68. The summed E-state index contributed by atoms with van der Waals surface area (Å²) >= 11 is 0. The van der Waals surface area contributed by atoms with E-state index < -0.39 is 5.41 Å². The number of carbonyl (C=O) groups is 2. The van der Waals surface area contributed by atoms with E-state index in [1.165, 1.54) is 7.11 Å². The number of rotatable bonds is 2. The standard InChI is InChI=1S/C15H18O3/c1-9(2)11-5-10-6-12(16)14(18-4)8-15(10,3)7-13(11)17/h5-6,8-9H,7H2,1-4H3. The van der Waals surface area contributed by atoms with Crippen LogP contribution in [-0.4, -0.2) is 18.7 Å². The van der Waals surface area contributed by atoms with Crippen molar-refractivity contribution >= 4 is 11.6 Å². The van der Waals surface area contributed by atoms with Crippen molar-refractivity contribution in [1.29, 1.82) is 0 Å². The van der Waals surface area contributed by atoms with E-state index in [0.717, 1.165) is 11.1 Å². The van der Waals surface area contributed by atoms with E-state index in [4.69, 9.17) is 4.74 Å². The Morgan fingerprint density at radius 2 is 1.94 bits per heavy atom. The Bertz CT molecular complexity index is 506. The molecule has 0 spiro atoms. The summed E-state index contributed by atoms with van der Waals surface area (Å²) in [6.07, 6.45) is 5.64. The maximum atomic E-state index is 12.1. The van der Waals surface area contributed by atoms with E-state index in [2.05, 4.69) is 0 Å². The number of Topliss-reactive ketones (excluding diaryl/α,β-unsaturated/α-hetero) is 1. The van der Waals surface area contributed by atoms with Gasteiger partial charge in [0.05, 0.1) is 7.11 Å². The first-order chi connectivity index (χ1) is 8.37. The second-order valence-corrected chi connectivity index (χ2v) is 5.45. The summed E-state index contributed by atoms with van der Waals surface area (Å²) in [7, 11) is 1.48. The summed E-state index contributed by atoms with van der Waals surface area (Å²) in [4.78, 5) is 23.9. The highest BCUT2D eigenvalue weighted by Crippen LogP contribution is 2.43. The Labute approximate surface area is 107 Å². The molecule has 0 saturated heterocycles. The van der Waals surface area contributed by atoms with Crippen LogP contribution in [0.1, 0.15) is 27.2 Å². The number of methoxy groups -OCH3 is 1. The maximum absolute atomic E-state index is 12.1. The zero-order chi connectivity index (χ0) is 13.5. The molecule has 0 aliphatic heterocycles. The molecule has 18 heavy (non-hydrogen) atoms. The molecule has 1 atom stereocenters. The zero-order valence-corrected chi connectivity index (χ0v) is 11.2. The summed E-state index contributed by atoms with van der Waals surface area (Å²) in [5.41, 5.74) is 1.31. The van der Waals surface area contributed by atoms with Gasteiger partial charge in [0.15, 0.2) is 11.5 Å². The highest BCUT2D eigenvalue weighted by atomic mass is 16.5. The minimum atomic E-state index is -0.408. The smallest absolute Gasteiger partial charge is 0.220 e. The molecule has 0 N–H and O–H groups in total. The van der Waals surface area contributed by atoms with Gasteiger partial charge in [-0.2, -0.15) is 0 Å². The van der Waals surface area contributed by atoms with Crippen molar-refractivity contribution in [2.24, 2.45) is 11.3 Å². The Morgan fingerprint density at radius 1 is 1.28 bits per heavy atom. The van der Waals surface area contributed by atoms with Crippen LogP contribution < -0.4 is 0 Å². The Kier molecular flexibility index (Phi) is 3.01. The lowest BCUT2D eigenvalue weighted by Crippen LogP contribution is -2.31. The number of hydrogen-bond donors (Lipinski definition) is 0. The van der Waals surface area contributed by atoms with Crippen LogP contribution in [0.15, 0.2) is 35.1 Å². The third-order valence-electron chi connectivity index (χ3n) is 3.64. The molecule has 2 rings (SSSR count). The molecule has 2 aliphatic rings. The van der Waals surface area contributed by atoms with Crippen molar-refractivity contribution in [3.63, 3.8) is 0 Å². The van der Waals surface area contributed by atoms with Crippen molar-refractivity contribution < 1.29 is 14.3 Å². The SMILES string of the molecule is COC1=CC2(C)CC(=O)C(C(C)C)=CC2=CC1=O. The molecule has 0 fully saturated rings. The van der Waals surface area contributed by atoms with Gasteiger partial charge in [-0.25, -0.2) is 0 Å². The van der Waals surface area contributed by atoms with Crippen LogP contribution in [-0.2, 0) is 14.3 Å². The molecule has 0 saturated carbocycles. The molecule has 96 valence electrons. The molecular weight excluding hydrogens is 228 g/mol. The summed E-state index contributed by atoms with van der Waals surface area (Å²) in [6, 6.07) is 0. The van der Waals surface area contributed by atoms with E-state index in [9.17, 15) is 9.59 Å². The predicted octanol–water partition coefficient (Wildman–Crippen LogP) is 2.59. The topological polar surface area (TPSA) is 43.4 Å². The van der Waals surface area contributed by atoms with Crippen LogP contribution in [0.25, 0.3) is 0 Å². The predicted molar refractivity (Wildman–Crippen MR) is 68.8 cm³/mol. The van der Waals surface area contributed by atoms with Crippen LogP contribution in [0.5, 0.6) is 0 Å². The van der Waals surface area contributed by atoms with E-state index in [1.54, 1.807) is 12.2 Å². The lowest BCUT2D eigenvalue weighted by molar-refractivity contribution is -0.118. The van der Waals surface area contributed by atoms with Gasteiger partial charge in [0.2, 0.25) is 5.78 Å². The van der Waals surface area contributed by atoms with Gasteiger partial charge in [-0.15, -0.1) is 0 Å². The van der Waals surface area contributed by atoms with Gasteiger partial charge in [-0.05, 0) is 29.2 Å². The first-order valence-electron chi connectivity index (χ1n) is 6.15. The molecule has 0 heterocycles. The van der Waals surface area contributed by atoms with Crippen molar-refractivity contribution in [2.45, 2.75) is 27.2 Å². The molecule has 0 bridgehead atoms. The van der Waals surface area contributed by atoms with Gasteiger partial charge in [-0.1, -0.05) is 26.8 Å². The zero-order valence-electron chi connectivity index (χ0n) is 11.2. The van der Waals surface area contributed by atoms with Crippen LogP contribution in [0.2, 0.25) is 0 Å². The number of fused-ring (bicyclic) bond motifs is 1. The summed E-state index contributed by atoms with van der Waals surface area (Å²) < 4.78 is 5.06. The largest absolute Gasteiger partial charge is 0.493 e. The third kappa shape index (κ3) is 1.94. The Hall–Kier alpha value is -1.64. The van der Waals surface area contributed by atoms with Crippen LogP contribution >= 0.6 is 0 Å². The Balaban J connectivity index is 2.50. The van der Waals surface area contributed by atoms with Gasteiger partial charge in [0.1, 0.15) is 0 Å². The van der Waals surface area contributed by atoms with Crippen LogP contribution in [0.3, 0.4) is 0 Å². The maximum Gasteiger partial charge on any atom is 0.220 e. The molecule has 0 aromatic heterocycles. The molecule has 3 heteroatoms. The summed E-state index contributed by atoms with van der Waals surface area (Å²) in [5, 5.41) is 0. The number of carbonyl (C=O) groups excluding carboxylic acids is 2. The van der Waals surface area contributed by atoms with Crippen molar-refractivity contribution in [3.8, 4) is 0 Å². The van der Waals surface area contributed by atoms with E-state index >= 15 is 0 Å². The number of allylic oxidation sites excluding steroid dienone is 5. The van der Waals surface area contributed by atoms with E-state index in [1.807, 2.05) is 26.8 Å². The minimum absolute atomic E-state index is 0.126. The first kappa shape index (κ1) is 12.8. The summed E-state index contributed by atoms with van der Waals surface area (Å²) in [5.74, 6) is 0.547. The van der Waals surface area contributed by atoms with Crippen molar-refractivity contribution in [1.82, 2.24) is 0 Å². The summed E-state index contributed by atoms with van der Waals surface area (Å²) in [6.45, 7) is 5.96. The Morgan fingerprint density at radius 3 is 2.50 bits per heavy atom. The molecule has 0 amide bonds. The highest BCUT2D eigenvalue weighted by molar-refractivity contribution is 6.07. The highest BCUT2D eigenvalue weighted by Gasteiger charge is 2.39. The van der Waals surface area contributed by atoms with E-state index in [0.29, 0.717) is 12.2 Å². The van der Waals surface area contributed by atoms with Gasteiger partial charge >= 0.3 is 0 Å². The van der Waals surface area contributed by atoms with Gasteiger partial charge in [-0.3, -0.25) is 9.59 Å². The molecular formula is C15H18O3. The average Bonchev–Trinajstić information content (AvgIpc) is 2.28. The van der Waals surface area contributed by atoms with Crippen LogP contribution in [0.4, 0.5) is 0 Å². The molecule has 1 unspecified atom stereocenters. The quantitative estimate of drug-likeness (QED) is 0.752. The molecule has 0 aromatic rings. The number of ketones is 2. The van der Waals surface area contributed by atoms with Crippen LogP contribution in [0, 0.1) is 11.3 Å². The van der Waals surface area contributed by atoms with Gasteiger partial charge in [0.25, 0.3) is 0 Å².